The summed E-state index contributed by atoms with van der Waals surface area (Å²) in [4.78, 5) is 21.4. The van der Waals surface area contributed by atoms with Crippen molar-refractivity contribution in [2.45, 2.75) is 18.9 Å². The van der Waals surface area contributed by atoms with Crippen molar-refractivity contribution in [1.82, 2.24) is 14.9 Å². The largest absolute Gasteiger partial charge is 0.380 e. The molecule has 2 rings (SSSR count). The summed E-state index contributed by atoms with van der Waals surface area (Å²) < 4.78 is 5.27. The summed E-state index contributed by atoms with van der Waals surface area (Å²) in [5.74, 6) is 0.518. The third-order valence-corrected chi connectivity index (χ3v) is 2.82. The summed E-state index contributed by atoms with van der Waals surface area (Å²) in [6.07, 6.45) is 5.12. The molecule has 92 valence electrons. The number of methoxy groups -OCH3 is 1. The van der Waals surface area contributed by atoms with Gasteiger partial charge in [-0.2, -0.15) is 0 Å². The molecule has 1 N–H and O–H groups in total. The van der Waals surface area contributed by atoms with Crippen molar-refractivity contribution in [3.8, 4) is 0 Å². The molecule has 1 atom stereocenters. The first-order chi connectivity index (χ1) is 8.29. The van der Waals surface area contributed by atoms with Gasteiger partial charge in [-0.05, 0) is 18.9 Å². The van der Waals surface area contributed by atoms with Crippen LogP contribution in [0.1, 0.15) is 12.8 Å². The lowest BCUT2D eigenvalue weighted by Gasteiger charge is -2.31. The standard InChI is InChI=1S/C11H16N4O2/c1-17-9-3-2-6-15(7-9)11(16)14-10-4-5-12-8-13-10/h4-5,8-9H,2-3,6-7H2,1H3,(H,12,13,14,16)/t9-/m1/s1. The lowest BCUT2D eigenvalue weighted by Crippen LogP contribution is -2.45. The number of nitrogens with one attached hydrogen (secondary N) is 1. The van der Waals surface area contributed by atoms with Crippen LogP contribution in [0.2, 0.25) is 0 Å². The quantitative estimate of drug-likeness (QED) is 0.835. The molecular formula is C11H16N4O2. The van der Waals surface area contributed by atoms with E-state index in [2.05, 4.69) is 15.3 Å². The Morgan fingerprint density at radius 3 is 3.24 bits per heavy atom. The van der Waals surface area contributed by atoms with Gasteiger partial charge in [0.05, 0.1) is 6.10 Å². The summed E-state index contributed by atoms with van der Waals surface area (Å²) in [5, 5.41) is 2.74. The van der Waals surface area contributed by atoms with Gasteiger partial charge in [0.25, 0.3) is 0 Å². The Balaban J connectivity index is 1.91. The smallest absolute Gasteiger partial charge is 0.323 e. The maximum Gasteiger partial charge on any atom is 0.323 e. The van der Waals surface area contributed by atoms with Gasteiger partial charge in [-0.3, -0.25) is 5.32 Å². The van der Waals surface area contributed by atoms with Crippen LogP contribution in [0.4, 0.5) is 10.6 Å². The van der Waals surface area contributed by atoms with E-state index in [0.717, 1.165) is 19.4 Å². The van der Waals surface area contributed by atoms with E-state index in [1.165, 1.54) is 6.33 Å². The van der Waals surface area contributed by atoms with Gasteiger partial charge in [0.2, 0.25) is 0 Å². The number of hydrogen-bond donors (Lipinski definition) is 1. The number of ether oxygens (including phenoxy) is 1. The molecule has 6 nitrogen and oxygen atoms in total. The summed E-state index contributed by atoms with van der Waals surface area (Å²) in [6, 6.07) is 1.53. The Bertz CT molecular complexity index is 371. The molecule has 0 aliphatic carbocycles. The van der Waals surface area contributed by atoms with Gasteiger partial charge in [0.1, 0.15) is 12.1 Å². The van der Waals surface area contributed by atoms with Gasteiger partial charge in [-0.25, -0.2) is 14.8 Å². The lowest BCUT2D eigenvalue weighted by atomic mass is 10.1. The number of anilines is 1. The SMILES string of the molecule is CO[C@@H]1CCCN(C(=O)Nc2ccncn2)C1. The highest BCUT2D eigenvalue weighted by atomic mass is 16.5. The van der Waals surface area contributed by atoms with E-state index in [-0.39, 0.29) is 12.1 Å². The molecule has 1 aromatic heterocycles. The molecule has 0 saturated carbocycles. The monoisotopic (exact) mass is 236 g/mol. The Kier molecular flexibility index (Phi) is 3.87. The van der Waals surface area contributed by atoms with E-state index in [4.69, 9.17) is 4.74 Å². The Labute approximate surface area is 100 Å². The van der Waals surface area contributed by atoms with E-state index < -0.39 is 0 Å². The zero-order chi connectivity index (χ0) is 12.1. The molecule has 1 saturated heterocycles. The van der Waals surface area contributed by atoms with Crippen molar-refractivity contribution in [3.05, 3.63) is 18.6 Å². The van der Waals surface area contributed by atoms with E-state index in [0.29, 0.717) is 12.4 Å². The highest BCUT2D eigenvalue weighted by Gasteiger charge is 2.23. The zero-order valence-corrected chi connectivity index (χ0v) is 9.80. The number of likely N-dealkylation sites (tertiary alicyclic amines) is 1. The Hall–Kier alpha value is -1.69. The predicted octanol–water partition coefficient (Wildman–Crippen LogP) is 1.12. The molecule has 0 spiro atoms. The number of rotatable bonds is 2. The third-order valence-electron chi connectivity index (χ3n) is 2.82. The van der Waals surface area contributed by atoms with E-state index in [9.17, 15) is 4.79 Å². The summed E-state index contributed by atoms with van der Waals surface area (Å²) >= 11 is 0. The van der Waals surface area contributed by atoms with Crippen molar-refractivity contribution in [3.63, 3.8) is 0 Å². The van der Waals surface area contributed by atoms with Gasteiger partial charge in [0, 0.05) is 26.4 Å². The highest BCUT2D eigenvalue weighted by Crippen LogP contribution is 2.13. The number of urea groups is 1. The van der Waals surface area contributed by atoms with E-state index >= 15 is 0 Å². The van der Waals surface area contributed by atoms with E-state index in [1.807, 2.05) is 0 Å². The maximum absolute atomic E-state index is 11.9. The Morgan fingerprint density at radius 1 is 1.65 bits per heavy atom. The molecule has 0 radical (unpaired) electrons. The number of amides is 2. The topological polar surface area (TPSA) is 67.3 Å². The van der Waals surface area contributed by atoms with Crippen LogP contribution in [0.25, 0.3) is 0 Å². The molecule has 0 aromatic carbocycles. The first-order valence-electron chi connectivity index (χ1n) is 5.64. The molecule has 6 heteroatoms. The molecule has 0 unspecified atom stereocenters. The van der Waals surface area contributed by atoms with Crippen LogP contribution in [0.15, 0.2) is 18.6 Å². The van der Waals surface area contributed by atoms with Crippen molar-refractivity contribution in [2.75, 3.05) is 25.5 Å². The number of hydrogen-bond acceptors (Lipinski definition) is 4. The first-order valence-corrected chi connectivity index (χ1v) is 5.64. The minimum Gasteiger partial charge on any atom is -0.380 e. The van der Waals surface area contributed by atoms with Crippen LogP contribution in [0.5, 0.6) is 0 Å². The normalized spacial score (nSPS) is 20.1. The number of carbonyl (C=O) groups is 1. The van der Waals surface area contributed by atoms with Gasteiger partial charge < -0.3 is 9.64 Å². The molecule has 2 amide bonds. The van der Waals surface area contributed by atoms with Crippen LogP contribution >= 0.6 is 0 Å². The molecule has 2 heterocycles. The minimum atomic E-state index is -0.134. The zero-order valence-electron chi connectivity index (χ0n) is 9.80. The van der Waals surface area contributed by atoms with Crippen molar-refractivity contribution >= 4 is 11.8 Å². The van der Waals surface area contributed by atoms with Crippen LogP contribution < -0.4 is 5.32 Å². The van der Waals surface area contributed by atoms with Crippen LogP contribution in [-0.2, 0) is 4.74 Å². The third kappa shape index (κ3) is 3.13. The molecule has 17 heavy (non-hydrogen) atoms. The minimum absolute atomic E-state index is 0.134. The average Bonchev–Trinajstić information content (AvgIpc) is 2.40. The lowest BCUT2D eigenvalue weighted by molar-refractivity contribution is 0.0458. The fourth-order valence-corrected chi connectivity index (χ4v) is 1.87. The highest BCUT2D eigenvalue weighted by molar-refractivity contribution is 5.88. The molecule has 0 bridgehead atoms. The predicted molar refractivity (Wildman–Crippen MR) is 62.7 cm³/mol. The second-order valence-electron chi connectivity index (χ2n) is 3.97. The van der Waals surface area contributed by atoms with Gasteiger partial charge in [0.15, 0.2) is 0 Å². The Morgan fingerprint density at radius 2 is 2.53 bits per heavy atom. The maximum atomic E-state index is 11.9. The first kappa shape index (κ1) is 11.8. The van der Waals surface area contributed by atoms with Gasteiger partial charge in [-0.15, -0.1) is 0 Å². The number of carbonyl (C=O) groups excluding carboxylic acids is 1. The second-order valence-corrected chi connectivity index (χ2v) is 3.97. The average molecular weight is 236 g/mol. The molecular weight excluding hydrogens is 220 g/mol. The van der Waals surface area contributed by atoms with Crippen molar-refractivity contribution < 1.29 is 9.53 Å². The molecule has 1 aliphatic heterocycles. The van der Waals surface area contributed by atoms with Gasteiger partial charge >= 0.3 is 6.03 Å². The summed E-state index contributed by atoms with van der Waals surface area (Å²) in [5.41, 5.74) is 0. The van der Waals surface area contributed by atoms with Crippen LogP contribution in [0, 0.1) is 0 Å². The second kappa shape index (κ2) is 5.58. The van der Waals surface area contributed by atoms with Crippen molar-refractivity contribution in [1.29, 1.82) is 0 Å². The number of nitrogens with zero attached hydrogens (tertiary/aromatic N) is 3. The van der Waals surface area contributed by atoms with Crippen LogP contribution in [-0.4, -0.2) is 47.2 Å². The molecule has 1 aliphatic rings. The van der Waals surface area contributed by atoms with Crippen LogP contribution in [0.3, 0.4) is 0 Å². The fourth-order valence-electron chi connectivity index (χ4n) is 1.87. The summed E-state index contributed by atoms with van der Waals surface area (Å²) in [7, 11) is 1.68. The van der Waals surface area contributed by atoms with Gasteiger partial charge in [-0.1, -0.05) is 0 Å². The van der Waals surface area contributed by atoms with Crippen molar-refractivity contribution in [2.24, 2.45) is 0 Å². The number of piperidine rings is 1. The molecule has 1 fully saturated rings. The number of aromatic nitrogens is 2. The van der Waals surface area contributed by atoms with E-state index in [1.54, 1.807) is 24.3 Å². The summed E-state index contributed by atoms with van der Waals surface area (Å²) in [6.45, 7) is 1.39. The molecule has 1 aromatic rings. The fraction of sp³-hybridized carbons (Fsp3) is 0.545.